The molecule has 0 aliphatic carbocycles. The highest BCUT2D eigenvalue weighted by Gasteiger charge is 2.51. The Morgan fingerprint density at radius 3 is 1.72 bits per heavy atom. The van der Waals surface area contributed by atoms with E-state index in [1.807, 2.05) is 0 Å². The topological polar surface area (TPSA) is 114 Å². The third kappa shape index (κ3) is 5.92. The first-order chi connectivity index (χ1) is 15.2. The lowest BCUT2D eigenvalue weighted by Gasteiger charge is -2.43. The van der Waals surface area contributed by atoms with E-state index in [-0.39, 0.29) is 11.1 Å². The Morgan fingerprint density at radius 2 is 1.28 bits per heavy atom. The second kappa shape index (κ2) is 10.2. The number of rotatable bonds is 7. The van der Waals surface area contributed by atoms with Gasteiger partial charge in [-0.1, -0.05) is 36.4 Å². The SMILES string of the molecule is CO[C@H]1O[C@H](C)[C@H](OS(C)(=O)=O)[C@H](OC(=O)c2ccccc2)[C@H]1OC(=O)c1ccccc1. The van der Waals surface area contributed by atoms with Crippen LogP contribution in [0.2, 0.25) is 0 Å². The van der Waals surface area contributed by atoms with Crippen molar-refractivity contribution < 1.29 is 41.1 Å². The van der Waals surface area contributed by atoms with Gasteiger partial charge < -0.3 is 18.9 Å². The lowest BCUT2D eigenvalue weighted by atomic mass is 9.99. The van der Waals surface area contributed by atoms with Crippen LogP contribution in [0.1, 0.15) is 27.6 Å². The Kier molecular flexibility index (Phi) is 7.62. The van der Waals surface area contributed by atoms with Gasteiger partial charge in [0, 0.05) is 7.11 Å². The fraction of sp³-hybridized carbons (Fsp3) is 0.364. The monoisotopic (exact) mass is 464 g/mol. The molecular weight excluding hydrogens is 440 g/mol. The molecule has 0 aromatic heterocycles. The Bertz CT molecular complexity index is 1020. The Morgan fingerprint density at radius 1 is 0.812 bits per heavy atom. The first-order valence-electron chi connectivity index (χ1n) is 9.78. The molecule has 9 nitrogen and oxygen atoms in total. The van der Waals surface area contributed by atoms with E-state index >= 15 is 0 Å². The van der Waals surface area contributed by atoms with Crippen molar-refractivity contribution in [2.24, 2.45) is 0 Å². The second-order valence-corrected chi connectivity index (χ2v) is 8.78. The molecule has 0 spiro atoms. The quantitative estimate of drug-likeness (QED) is 0.449. The highest BCUT2D eigenvalue weighted by atomic mass is 32.2. The van der Waals surface area contributed by atoms with E-state index in [2.05, 4.69) is 0 Å². The molecule has 0 amide bonds. The van der Waals surface area contributed by atoms with Gasteiger partial charge in [0.2, 0.25) is 0 Å². The Labute approximate surface area is 186 Å². The summed E-state index contributed by atoms with van der Waals surface area (Å²) in [7, 11) is -2.64. The van der Waals surface area contributed by atoms with Crippen molar-refractivity contribution in [3.63, 3.8) is 0 Å². The van der Waals surface area contributed by atoms with Crippen LogP contribution < -0.4 is 0 Å². The van der Waals surface area contributed by atoms with Crippen LogP contribution in [0.25, 0.3) is 0 Å². The van der Waals surface area contributed by atoms with Gasteiger partial charge in [-0.05, 0) is 31.2 Å². The first-order valence-corrected chi connectivity index (χ1v) is 11.6. The van der Waals surface area contributed by atoms with E-state index < -0.39 is 52.8 Å². The minimum absolute atomic E-state index is 0.229. The van der Waals surface area contributed by atoms with Crippen molar-refractivity contribution in [2.45, 2.75) is 37.6 Å². The number of benzene rings is 2. The van der Waals surface area contributed by atoms with Crippen molar-refractivity contribution >= 4 is 22.1 Å². The van der Waals surface area contributed by atoms with Crippen LogP contribution in [0.3, 0.4) is 0 Å². The number of hydrogen-bond donors (Lipinski definition) is 0. The van der Waals surface area contributed by atoms with Gasteiger partial charge >= 0.3 is 11.9 Å². The van der Waals surface area contributed by atoms with Crippen LogP contribution >= 0.6 is 0 Å². The van der Waals surface area contributed by atoms with Crippen molar-refractivity contribution in [1.29, 1.82) is 0 Å². The summed E-state index contributed by atoms with van der Waals surface area (Å²) in [6, 6.07) is 16.3. The smallest absolute Gasteiger partial charge is 0.338 e. The largest absolute Gasteiger partial charge is 0.452 e. The molecule has 2 aromatic carbocycles. The summed E-state index contributed by atoms with van der Waals surface area (Å²) in [6.45, 7) is 1.54. The van der Waals surface area contributed by atoms with Crippen LogP contribution in [-0.2, 0) is 33.2 Å². The number of carbonyl (C=O) groups excluding carboxylic acids is 2. The molecule has 3 rings (SSSR count). The molecule has 32 heavy (non-hydrogen) atoms. The maximum absolute atomic E-state index is 12.8. The fourth-order valence-corrected chi connectivity index (χ4v) is 3.96. The van der Waals surface area contributed by atoms with E-state index in [4.69, 9.17) is 23.1 Å². The molecule has 1 aliphatic rings. The minimum atomic E-state index is -3.97. The maximum Gasteiger partial charge on any atom is 0.338 e. The molecular formula is C22H24O9S. The van der Waals surface area contributed by atoms with E-state index in [1.165, 1.54) is 19.2 Å². The number of carbonyl (C=O) groups is 2. The van der Waals surface area contributed by atoms with Crippen LogP contribution in [0, 0.1) is 0 Å². The fourth-order valence-electron chi connectivity index (χ4n) is 3.29. The molecule has 0 bridgehead atoms. The van der Waals surface area contributed by atoms with Gasteiger partial charge in [-0.15, -0.1) is 0 Å². The summed E-state index contributed by atoms with van der Waals surface area (Å²) in [4.78, 5) is 25.5. The van der Waals surface area contributed by atoms with Crippen molar-refractivity contribution in [1.82, 2.24) is 0 Å². The second-order valence-electron chi connectivity index (χ2n) is 7.18. The zero-order valence-corrected chi connectivity index (χ0v) is 18.6. The standard InChI is InChI=1S/C22H24O9S/c1-14-17(31-32(3,25)26)18(29-20(23)15-10-6-4-7-11-15)19(22(27-2)28-14)30-21(24)16-12-8-5-9-13-16/h4-14,17-19,22H,1-3H3/t14-,17+,18+,19-,22+/m1/s1. The number of hydrogen-bond acceptors (Lipinski definition) is 9. The lowest BCUT2D eigenvalue weighted by molar-refractivity contribution is -0.279. The molecule has 0 radical (unpaired) electrons. The molecule has 0 unspecified atom stereocenters. The van der Waals surface area contributed by atoms with Crippen molar-refractivity contribution in [3.8, 4) is 0 Å². The Hall–Kier alpha value is -2.79. The summed E-state index contributed by atoms with van der Waals surface area (Å²) < 4.78 is 51.2. The molecule has 10 heteroatoms. The van der Waals surface area contributed by atoms with Gasteiger partial charge in [-0.25, -0.2) is 9.59 Å². The maximum atomic E-state index is 12.8. The summed E-state index contributed by atoms with van der Waals surface area (Å²) in [6.07, 6.45) is -5.05. The highest BCUT2D eigenvalue weighted by Crippen LogP contribution is 2.30. The van der Waals surface area contributed by atoms with Crippen LogP contribution in [0.4, 0.5) is 0 Å². The predicted molar refractivity (Wildman–Crippen MR) is 112 cm³/mol. The van der Waals surface area contributed by atoms with Gasteiger partial charge in [0.1, 0.15) is 6.10 Å². The molecule has 1 heterocycles. The molecule has 5 atom stereocenters. The number of methoxy groups -OCH3 is 1. The zero-order valence-electron chi connectivity index (χ0n) is 17.7. The third-order valence-electron chi connectivity index (χ3n) is 4.75. The summed E-state index contributed by atoms with van der Waals surface area (Å²) in [5.41, 5.74) is 0.474. The summed E-state index contributed by atoms with van der Waals surface area (Å²) in [5.74, 6) is -1.47. The number of ether oxygens (including phenoxy) is 4. The molecule has 1 aliphatic heterocycles. The van der Waals surface area contributed by atoms with Crippen molar-refractivity contribution in [3.05, 3.63) is 71.8 Å². The van der Waals surface area contributed by atoms with Crippen LogP contribution in [0.15, 0.2) is 60.7 Å². The van der Waals surface area contributed by atoms with Gasteiger partial charge in [0.05, 0.1) is 23.5 Å². The van der Waals surface area contributed by atoms with Crippen LogP contribution in [-0.4, -0.2) is 64.4 Å². The lowest BCUT2D eigenvalue weighted by Crippen LogP contribution is -2.61. The number of esters is 2. The Balaban J connectivity index is 1.95. The van der Waals surface area contributed by atoms with Gasteiger partial charge in [0.15, 0.2) is 18.5 Å². The normalized spacial score (nSPS) is 25.7. The van der Waals surface area contributed by atoms with E-state index in [9.17, 15) is 18.0 Å². The van der Waals surface area contributed by atoms with Crippen molar-refractivity contribution in [2.75, 3.05) is 13.4 Å². The average Bonchev–Trinajstić information content (AvgIpc) is 2.78. The zero-order chi connectivity index (χ0) is 23.3. The van der Waals surface area contributed by atoms with Gasteiger partial charge in [-0.3, -0.25) is 4.18 Å². The van der Waals surface area contributed by atoms with E-state index in [0.717, 1.165) is 6.26 Å². The molecule has 172 valence electrons. The summed E-state index contributed by atoms with van der Waals surface area (Å²) in [5, 5.41) is 0. The van der Waals surface area contributed by atoms with Crippen LogP contribution in [0.5, 0.6) is 0 Å². The average molecular weight is 464 g/mol. The molecule has 1 saturated heterocycles. The minimum Gasteiger partial charge on any atom is -0.452 e. The molecule has 2 aromatic rings. The van der Waals surface area contributed by atoms with Gasteiger partial charge in [0.25, 0.3) is 10.1 Å². The predicted octanol–water partition coefficient (Wildman–Crippen LogP) is 2.17. The summed E-state index contributed by atoms with van der Waals surface area (Å²) >= 11 is 0. The van der Waals surface area contributed by atoms with E-state index in [0.29, 0.717) is 0 Å². The first kappa shape index (κ1) is 23.9. The molecule has 1 fully saturated rings. The molecule has 0 N–H and O–H groups in total. The highest BCUT2D eigenvalue weighted by molar-refractivity contribution is 7.86. The van der Waals surface area contributed by atoms with Gasteiger partial charge in [-0.2, -0.15) is 8.42 Å². The molecule has 0 saturated carbocycles. The third-order valence-corrected chi connectivity index (χ3v) is 5.32. The van der Waals surface area contributed by atoms with E-state index in [1.54, 1.807) is 55.5 Å².